The van der Waals surface area contributed by atoms with E-state index in [9.17, 15) is 13.6 Å². The summed E-state index contributed by atoms with van der Waals surface area (Å²) < 4.78 is 30.1. The highest BCUT2D eigenvalue weighted by atomic mass is 35.5. The first kappa shape index (κ1) is 26.7. The summed E-state index contributed by atoms with van der Waals surface area (Å²) in [6, 6.07) is 8.58. The Morgan fingerprint density at radius 2 is 1.97 bits per heavy atom. The van der Waals surface area contributed by atoms with Gasteiger partial charge in [0.1, 0.15) is 10.8 Å². The number of hydrogen-bond donors (Lipinski definition) is 2. The van der Waals surface area contributed by atoms with Crippen LogP contribution in [0.3, 0.4) is 0 Å². The quantitative estimate of drug-likeness (QED) is 0.306. The van der Waals surface area contributed by atoms with Crippen molar-refractivity contribution >= 4 is 45.6 Å². The van der Waals surface area contributed by atoms with Crippen LogP contribution in [0.15, 0.2) is 53.7 Å². The van der Waals surface area contributed by atoms with Crippen molar-refractivity contribution in [1.29, 1.82) is 0 Å². The van der Waals surface area contributed by atoms with E-state index in [1.807, 2.05) is 25.1 Å². The molecule has 204 valence electrons. The van der Waals surface area contributed by atoms with Gasteiger partial charge in [-0.25, -0.2) is 23.7 Å². The number of alkyl halides is 2. The van der Waals surface area contributed by atoms with Gasteiger partial charge < -0.3 is 20.1 Å². The second-order valence-electron chi connectivity index (χ2n) is 9.71. The molecule has 5 rings (SSSR count). The molecule has 1 saturated heterocycles. The largest absolute Gasteiger partial charge is 0.375 e. The standard InChI is InChI=1S/C27H29ClF2N8O/c1-4-17-15-38(11-8-27(17,29)30)26-33-14-20(28)25(36-26)35-18-6-7-22-19(12-18)21(13-23(39)37(22)3)34-16(2)24-31-9-5-10-32-24/h5-7,9-10,12-14,16-17,34H,4,8,11,15H2,1-3H3,(H,33,35,36)/t16-,17?/m1/s1. The van der Waals surface area contributed by atoms with Crippen molar-refractivity contribution in [3.63, 3.8) is 0 Å². The Kier molecular flexibility index (Phi) is 7.35. The average molecular weight is 555 g/mol. The number of nitrogens with one attached hydrogen (secondary N) is 2. The lowest BCUT2D eigenvalue weighted by molar-refractivity contribution is -0.0733. The van der Waals surface area contributed by atoms with Gasteiger partial charge in [0.2, 0.25) is 5.95 Å². The number of halogens is 3. The van der Waals surface area contributed by atoms with Crippen LogP contribution in [0.5, 0.6) is 0 Å². The summed E-state index contributed by atoms with van der Waals surface area (Å²) in [7, 11) is 1.71. The molecule has 0 aliphatic carbocycles. The monoisotopic (exact) mass is 554 g/mol. The zero-order valence-corrected chi connectivity index (χ0v) is 22.6. The molecule has 1 aliphatic rings. The molecule has 1 aromatic carbocycles. The molecule has 2 N–H and O–H groups in total. The highest BCUT2D eigenvalue weighted by Crippen LogP contribution is 2.37. The molecule has 9 nitrogen and oxygen atoms in total. The summed E-state index contributed by atoms with van der Waals surface area (Å²) in [5, 5.41) is 7.67. The van der Waals surface area contributed by atoms with Gasteiger partial charge in [-0.05, 0) is 37.6 Å². The lowest BCUT2D eigenvalue weighted by Crippen LogP contribution is -2.47. The highest BCUT2D eigenvalue weighted by molar-refractivity contribution is 6.32. The number of fused-ring (bicyclic) bond motifs is 1. The summed E-state index contributed by atoms with van der Waals surface area (Å²) in [5.74, 6) is -2.15. The van der Waals surface area contributed by atoms with Crippen molar-refractivity contribution in [1.82, 2.24) is 24.5 Å². The van der Waals surface area contributed by atoms with Crippen LogP contribution in [0.1, 0.15) is 38.6 Å². The number of rotatable bonds is 7. The third-order valence-corrected chi connectivity index (χ3v) is 7.39. The maximum absolute atomic E-state index is 14.2. The minimum absolute atomic E-state index is 0.159. The molecule has 4 heterocycles. The van der Waals surface area contributed by atoms with Crippen molar-refractivity contribution < 1.29 is 8.78 Å². The molecule has 0 spiro atoms. The normalized spacial score (nSPS) is 17.7. The Morgan fingerprint density at radius 3 is 2.72 bits per heavy atom. The summed E-state index contributed by atoms with van der Waals surface area (Å²) >= 11 is 6.42. The van der Waals surface area contributed by atoms with E-state index in [2.05, 4.69) is 30.6 Å². The molecule has 4 aromatic rings. The first-order valence-electron chi connectivity index (χ1n) is 12.8. The molecule has 0 radical (unpaired) electrons. The zero-order valence-electron chi connectivity index (χ0n) is 21.8. The Hall–Kier alpha value is -3.86. The number of pyridine rings is 1. The molecule has 1 fully saturated rings. The van der Waals surface area contributed by atoms with E-state index in [-0.39, 0.29) is 31.1 Å². The van der Waals surface area contributed by atoms with Crippen LogP contribution >= 0.6 is 11.6 Å². The predicted molar refractivity (Wildman–Crippen MR) is 149 cm³/mol. The third kappa shape index (κ3) is 5.49. The summed E-state index contributed by atoms with van der Waals surface area (Å²) in [5.41, 5.74) is 1.88. The summed E-state index contributed by atoms with van der Waals surface area (Å²) in [6.07, 6.45) is 4.93. The number of anilines is 4. The molecule has 12 heteroatoms. The van der Waals surface area contributed by atoms with Crippen molar-refractivity contribution in [2.24, 2.45) is 13.0 Å². The fourth-order valence-electron chi connectivity index (χ4n) is 4.81. The number of aryl methyl sites for hydroxylation is 1. The van der Waals surface area contributed by atoms with E-state index in [0.717, 1.165) is 10.9 Å². The van der Waals surface area contributed by atoms with E-state index in [1.165, 1.54) is 12.3 Å². The lowest BCUT2D eigenvalue weighted by atomic mass is 9.91. The van der Waals surface area contributed by atoms with Crippen LogP contribution in [-0.4, -0.2) is 43.5 Å². The molecule has 0 bridgehead atoms. The van der Waals surface area contributed by atoms with Crippen LogP contribution in [0.25, 0.3) is 10.9 Å². The molecule has 1 aliphatic heterocycles. The van der Waals surface area contributed by atoms with Gasteiger partial charge in [-0.3, -0.25) is 4.79 Å². The molecule has 2 atom stereocenters. The average Bonchev–Trinajstić information content (AvgIpc) is 2.93. The van der Waals surface area contributed by atoms with Gasteiger partial charge in [-0.1, -0.05) is 18.5 Å². The SMILES string of the molecule is CCC1CN(c2ncc(Cl)c(Nc3ccc4c(c3)c(N[C@H](C)c3ncccn3)cc(=O)n4C)n2)CCC1(F)F. The van der Waals surface area contributed by atoms with E-state index >= 15 is 0 Å². The zero-order chi connectivity index (χ0) is 27.7. The number of aromatic nitrogens is 5. The van der Waals surface area contributed by atoms with E-state index in [4.69, 9.17) is 11.6 Å². The summed E-state index contributed by atoms with van der Waals surface area (Å²) in [6.45, 7) is 4.02. The second-order valence-corrected chi connectivity index (χ2v) is 10.1. The maximum Gasteiger partial charge on any atom is 0.254 e. The Balaban J connectivity index is 1.45. The van der Waals surface area contributed by atoms with E-state index < -0.39 is 11.8 Å². The van der Waals surface area contributed by atoms with Gasteiger partial charge in [-0.15, -0.1) is 0 Å². The van der Waals surface area contributed by atoms with Crippen molar-refractivity contribution in [3.05, 3.63) is 70.1 Å². The van der Waals surface area contributed by atoms with Crippen molar-refractivity contribution in [3.8, 4) is 0 Å². The molecule has 1 unspecified atom stereocenters. The number of benzene rings is 1. The molecular weight excluding hydrogens is 526 g/mol. The van der Waals surface area contributed by atoms with Crippen LogP contribution in [-0.2, 0) is 7.05 Å². The van der Waals surface area contributed by atoms with Crippen molar-refractivity contribution in [2.75, 3.05) is 28.6 Å². The van der Waals surface area contributed by atoms with Crippen LogP contribution in [0.4, 0.5) is 31.9 Å². The van der Waals surface area contributed by atoms with Crippen molar-refractivity contribution in [2.45, 2.75) is 38.7 Å². The fourth-order valence-corrected chi connectivity index (χ4v) is 4.95. The Bertz CT molecular complexity index is 1550. The minimum atomic E-state index is -2.69. The van der Waals surface area contributed by atoms with E-state index in [0.29, 0.717) is 40.4 Å². The molecule has 3 aromatic heterocycles. The van der Waals surface area contributed by atoms with E-state index in [1.54, 1.807) is 41.9 Å². The lowest BCUT2D eigenvalue weighted by Gasteiger charge is -2.38. The first-order valence-corrected chi connectivity index (χ1v) is 13.1. The molecule has 39 heavy (non-hydrogen) atoms. The van der Waals surface area contributed by atoms with Gasteiger partial charge in [0, 0.05) is 67.7 Å². The highest BCUT2D eigenvalue weighted by Gasteiger charge is 2.43. The Morgan fingerprint density at radius 1 is 1.21 bits per heavy atom. The van der Waals surface area contributed by atoms with Gasteiger partial charge in [0.15, 0.2) is 5.82 Å². The fraction of sp³-hybridized carbons (Fsp3) is 0.370. The number of hydrogen-bond acceptors (Lipinski definition) is 8. The topological polar surface area (TPSA) is 101 Å². The molecule has 0 saturated carbocycles. The Labute approximate surface area is 229 Å². The minimum Gasteiger partial charge on any atom is -0.375 e. The number of nitrogens with zero attached hydrogens (tertiary/aromatic N) is 6. The van der Waals surface area contributed by atoms with Gasteiger partial charge >= 0.3 is 0 Å². The van der Waals surface area contributed by atoms with Gasteiger partial charge in [0.25, 0.3) is 11.5 Å². The molecule has 0 amide bonds. The van der Waals surface area contributed by atoms with Crippen LogP contribution in [0, 0.1) is 5.92 Å². The number of piperidine rings is 1. The second kappa shape index (κ2) is 10.7. The predicted octanol–water partition coefficient (Wildman–Crippen LogP) is 5.56. The smallest absolute Gasteiger partial charge is 0.254 e. The first-order chi connectivity index (χ1) is 18.7. The van der Waals surface area contributed by atoms with Crippen LogP contribution < -0.4 is 21.1 Å². The van der Waals surface area contributed by atoms with Gasteiger partial charge in [-0.2, -0.15) is 4.98 Å². The maximum atomic E-state index is 14.2. The molecular formula is C27H29ClF2N8O. The van der Waals surface area contributed by atoms with Crippen LogP contribution in [0.2, 0.25) is 5.02 Å². The summed E-state index contributed by atoms with van der Waals surface area (Å²) in [4.78, 5) is 31.9. The third-order valence-electron chi connectivity index (χ3n) is 7.11. The van der Waals surface area contributed by atoms with Gasteiger partial charge in [0.05, 0.1) is 17.8 Å².